The quantitative estimate of drug-likeness (QED) is 0.557. The van der Waals surface area contributed by atoms with Gasteiger partial charge in [-0.1, -0.05) is 39.3 Å². The second-order valence-corrected chi connectivity index (χ2v) is 5.09. The van der Waals surface area contributed by atoms with Crippen LogP contribution >= 0.6 is 0 Å². The molecular formula is C13H24. The first-order valence-electron chi connectivity index (χ1n) is 5.71. The third kappa shape index (κ3) is 2.36. The summed E-state index contributed by atoms with van der Waals surface area (Å²) >= 11 is 0. The van der Waals surface area contributed by atoms with Crippen molar-refractivity contribution in [2.75, 3.05) is 0 Å². The number of rotatable bonds is 2. The molecule has 0 heterocycles. The molecule has 0 nitrogen and oxygen atoms in total. The minimum absolute atomic E-state index is 0.793. The molecule has 0 radical (unpaired) electrons. The molecule has 0 aromatic carbocycles. The van der Waals surface area contributed by atoms with Gasteiger partial charge in [0.25, 0.3) is 0 Å². The Balaban J connectivity index is 2.71. The van der Waals surface area contributed by atoms with E-state index in [9.17, 15) is 0 Å². The lowest BCUT2D eigenvalue weighted by molar-refractivity contribution is 0.147. The molecule has 0 amide bonds. The summed E-state index contributed by atoms with van der Waals surface area (Å²) in [5, 5.41) is 0. The van der Waals surface area contributed by atoms with Gasteiger partial charge >= 0.3 is 0 Å². The van der Waals surface area contributed by atoms with Gasteiger partial charge in [0.05, 0.1) is 0 Å². The van der Waals surface area contributed by atoms with Gasteiger partial charge in [-0.05, 0) is 43.4 Å². The Labute approximate surface area is 83.4 Å². The SMILES string of the molecule is C=C(C)C1C(C)CC(C)CC1CC. The van der Waals surface area contributed by atoms with Crippen LogP contribution in [0.4, 0.5) is 0 Å². The molecule has 13 heavy (non-hydrogen) atoms. The van der Waals surface area contributed by atoms with Crippen molar-refractivity contribution in [1.82, 2.24) is 0 Å². The van der Waals surface area contributed by atoms with Crippen molar-refractivity contribution >= 4 is 0 Å². The van der Waals surface area contributed by atoms with E-state index < -0.39 is 0 Å². The van der Waals surface area contributed by atoms with Crippen molar-refractivity contribution in [3.63, 3.8) is 0 Å². The van der Waals surface area contributed by atoms with Crippen LogP contribution in [0.2, 0.25) is 0 Å². The molecule has 0 aromatic heterocycles. The highest BCUT2D eigenvalue weighted by molar-refractivity contribution is 5.03. The zero-order valence-electron chi connectivity index (χ0n) is 9.64. The summed E-state index contributed by atoms with van der Waals surface area (Å²) < 4.78 is 0. The van der Waals surface area contributed by atoms with Crippen LogP contribution in [-0.2, 0) is 0 Å². The van der Waals surface area contributed by atoms with Gasteiger partial charge in [0.2, 0.25) is 0 Å². The van der Waals surface area contributed by atoms with Gasteiger partial charge in [0.1, 0.15) is 0 Å². The molecule has 0 bridgehead atoms. The van der Waals surface area contributed by atoms with Crippen molar-refractivity contribution in [1.29, 1.82) is 0 Å². The van der Waals surface area contributed by atoms with E-state index >= 15 is 0 Å². The highest BCUT2D eigenvalue weighted by Gasteiger charge is 2.32. The lowest BCUT2D eigenvalue weighted by Crippen LogP contribution is -2.30. The maximum Gasteiger partial charge on any atom is -0.0154 e. The Hall–Kier alpha value is -0.260. The summed E-state index contributed by atoms with van der Waals surface area (Å²) in [6.07, 6.45) is 4.14. The van der Waals surface area contributed by atoms with E-state index in [2.05, 4.69) is 34.3 Å². The predicted octanol–water partition coefficient (Wildman–Crippen LogP) is 4.27. The first-order valence-corrected chi connectivity index (χ1v) is 5.71. The van der Waals surface area contributed by atoms with Crippen LogP contribution in [-0.4, -0.2) is 0 Å². The monoisotopic (exact) mass is 180 g/mol. The summed E-state index contributed by atoms with van der Waals surface area (Å²) in [6, 6.07) is 0. The standard InChI is InChI=1S/C13H24/c1-6-12-8-10(4)7-11(5)13(12)9(2)3/h10-13H,2,6-8H2,1,3-5H3. The van der Waals surface area contributed by atoms with Crippen molar-refractivity contribution in [3.05, 3.63) is 12.2 Å². The van der Waals surface area contributed by atoms with E-state index in [-0.39, 0.29) is 0 Å². The van der Waals surface area contributed by atoms with Crippen LogP contribution < -0.4 is 0 Å². The third-order valence-electron chi connectivity index (χ3n) is 3.69. The van der Waals surface area contributed by atoms with Crippen LogP contribution in [0.5, 0.6) is 0 Å². The van der Waals surface area contributed by atoms with E-state index in [1.54, 1.807) is 0 Å². The second-order valence-electron chi connectivity index (χ2n) is 5.09. The summed E-state index contributed by atoms with van der Waals surface area (Å²) in [6.45, 7) is 13.5. The van der Waals surface area contributed by atoms with Crippen molar-refractivity contribution in [2.24, 2.45) is 23.7 Å². The first kappa shape index (κ1) is 10.8. The van der Waals surface area contributed by atoms with Gasteiger partial charge in [-0.15, -0.1) is 0 Å². The Bertz CT molecular complexity index is 180. The van der Waals surface area contributed by atoms with Crippen LogP contribution in [0, 0.1) is 23.7 Å². The van der Waals surface area contributed by atoms with E-state index in [0.717, 1.165) is 23.7 Å². The molecule has 1 saturated carbocycles. The molecule has 0 N–H and O–H groups in total. The molecule has 0 spiro atoms. The minimum atomic E-state index is 0.793. The van der Waals surface area contributed by atoms with Gasteiger partial charge in [0, 0.05) is 0 Å². The summed E-state index contributed by atoms with van der Waals surface area (Å²) in [5.74, 6) is 3.47. The number of allylic oxidation sites excluding steroid dienone is 1. The minimum Gasteiger partial charge on any atom is -0.0998 e. The Morgan fingerprint density at radius 1 is 1.31 bits per heavy atom. The molecule has 76 valence electrons. The van der Waals surface area contributed by atoms with Crippen molar-refractivity contribution < 1.29 is 0 Å². The summed E-state index contributed by atoms with van der Waals surface area (Å²) in [4.78, 5) is 0. The lowest BCUT2D eigenvalue weighted by atomic mass is 9.66. The molecule has 0 saturated heterocycles. The fourth-order valence-electron chi connectivity index (χ4n) is 3.31. The number of hydrogen-bond donors (Lipinski definition) is 0. The van der Waals surface area contributed by atoms with Gasteiger partial charge in [-0.3, -0.25) is 0 Å². The first-order chi connectivity index (χ1) is 6.06. The van der Waals surface area contributed by atoms with Gasteiger partial charge < -0.3 is 0 Å². The molecule has 4 unspecified atom stereocenters. The van der Waals surface area contributed by atoms with Gasteiger partial charge in [-0.25, -0.2) is 0 Å². The summed E-state index contributed by atoms with van der Waals surface area (Å²) in [5.41, 5.74) is 1.41. The Morgan fingerprint density at radius 2 is 1.92 bits per heavy atom. The lowest BCUT2D eigenvalue weighted by Gasteiger charge is -2.40. The topological polar surface area (TPSA) is 0 Å². The van der Waals surface area contributed by atoms with Gasteiger partial charge in [0.15, 0.2) is 0 Å². The Kier molecular flexibility index (Phi) is 3.58. The normalized spacial score (nSPS) is 40.3. The van der Waals surface area contributed by atoms with Gasteiger partial charge in [-0.2, -0.15) is 0 Å². The molecule has 1 aliphatic rings. The molecule has 0 heteroatoms. The molecular weight excluding hydrogens is 156 g/mol. The third-order valence-corrected chi connectivity index (χ3v) is 3.69. The highest BCUT2D eigenvalue weighted by Crippen LogP contribution is 2.42. The second kappa shape index (κ2) is 4.30. The molecule has 0 aliphatic heterocycles. The van der Waals surface area contributed by atoms with E-state index in [0.29, 0.717) is 0 Å². The predicted molar refractivity (Wildman–Crippen MR) is 59.6 cm³/mol. The zero-order valence-corrected chi connectivity index (χ0v) is 9.64. The summed E-state index contributed by atoms with van der Waals surface area (Å²) in [7, 11) is 0. The molecule has 1 aliphatic carbocycles. The maximum absolute atomic E-state index is 4.15. The maximum atomic E-state index is 4.15. The van der Waals surface area contributed by atoms with Crippen LogP contribution in [0.1, 0.15) is 47.0 Å². The average molecular weight is 180 g/mol. The van der Waals surface area contributed by atoms with E-state index in [1.165, 1.54) is 24.8 Å². The average Bonchev–Trinajstić information content (AvgIpc) is 2.01. The van der Waals surface area contributed by atoms with E-state index in [4.69, 9.17) is 0 Å². The molecule has 0 aromatic rings. The van der Waals surface area contributed by atoms with Crippen molar-refractivity contribution in [3.8, 4) is 0 Å². The fraction of sp³-hybridized carbons (Fsp3) is 0.846. The van der Waals surface area contributed by atoms with Crippen LogP contribution in [0.15, 0.2) is 12.2 Å². The Morgan fingerprint density at radius 3 is 2.38 bits per heavy atom. The fourth-order valence-corrected chi connectivity index (χ4v) is 3.31. The van der Waals surface area contributed by atoms with Crippen LogP contribution in [0.25, 0.3) is 0 Å². The molecule has 4 atom stereocenters. The zero-order chi connectivity index (χ0) is 10.0. The number of hydrogen-bond acceptors (Lipinski definition) is 0. The largest absolute Gasteiger partial charge is 0.0998 e. The van der Waals surface area contributed by atoms with E-state index in [1.807, 2.05) is 0 Å². The highest BCUT2D eigenvalue weighted by atomic mass is 14.4. The van der Waals surface area contributed by atoms with Crippen molar-refractivity contribution in [2.45, 2.75) is 47.0 Å². The smallest absolute Gasteiger partial charge is 0.0154 e. The molecule has 1 fully saturated rings. The molecule has 1 rings (SSSR count). The van der Waals surface area contributed by atoms with Crippen LogP contribution in [0.3, 0.4) is 0 Å².